The molecule has 2 N–H and O–H groups in total. The predicted molar refractivity (Wildman–Crippen MR) is 50.7 cm³/mol. The van der Waals surface area contributed by atoms with Gasteiger partial charge in [0.05, 0.1) is 6.04 Å². The number of hydrogen-bond acceptors (Lipinski definition) is 4. The van der Waals surface area contributed by atoms with Gasteiger partial charge >= 0.3 is 0 Å². The molecule has 1 atom stereocenters. The molecular formula is C8H15N5. The van der Waals surface area contributed by atoms with E-state index < -0.39 is 0 Å². The van der Waals surface area contributed by atoms with Crippen molar-refractivity contribution in [3.63, 3.8) is 0 Å². The fraction of sp³-hybridized carbons (Fsp3) is 0.750. The molecule has 5 heteroatoms. The molecule has 0 radical (unpaired) electrons. The molecule has 2 heterocycles. The van der Waals surface area contributed by atoms with Crippen molar-refractivity contribution in [2.75, 3.05) is 25.5 Å². The summed E-state index contributed by atoms with van der Waals surface area (Å²) in [5.41, 5.74) is 0. The van der Waals surface area contributed by atoms with Crippen LogP contribution in [0.2, 0.25) is 0 Å². The average Bonchev–Trinajstić information content (AvgIpc) is 2.75. The Kier molecular flexibility index (Phi) is 2.18. The maximum atomic E-state index is 4.39. The van der Waals surface area contributed by atoms with Crippen LogP contribution >= 0.6 is 0 Å². The number of rotatable bonds is 2. The summed E-state index contributed by atoms with van der Waals surface area (Å²) in [6, 6.07) is 0.376. The van der Waals surface area contributed by atoms with Gasteiger partial charge in [-0.3, -0.25) is 5.10 Å². The van der Waals surface area contributed by atoms with Crippen molar-refractivity contribution >= 4 is 5.95 Å². The average molecular weight is 181 g/mol. The molecule has 1 aliphatic rings. The molecule has 0 aliphatic carbocycles. The van der Waals surface area contributed by atoms with Crippen LogP contribution in [0.3, 0.4) is 0 Å². The van der Waals surface area contributed by atoms with E-state index in [1.807, 2.05) is 19.0 Å². The van der Waals surface area contributed by atoms with Crippen LogP contribution in [0, 0.1) is 0 Å². The van der Waals surface area contributed by atoms with Crippen LogP contribution in [-0.4, -0.2) is 35.8 Å². The Morgan fingerprint density at radius 3 is 2.85 bits per heavy atom. The number of aromatic amines is 1. The standard InChI is InChI=1S/C8H15N5/c1-13(2)8-10-7(11-12-8)6-4-3-5-9-6/h6,9H,3-5H2,1-2H3,(H,10,11,12)/t6-/m1/s1. The lowest BCUT2D eigenvalue weighted by Crippen LogP contribution is -2.15. The molecule has 1 saturated heterocycles. The Bertz CT molecular complexity index is 274. The first-order chi connectivity index (χ1) is 6.27. The molecule has 0 spiro atoms. The van der Waals surface area contributed by atoms with E-state index in [-0.39, 0.29) is 0 Å². The van der Waals surface area contributed by atoms with Gasteiger partial charge in [-0.25, -0.2) is 0 Å². The highest BCUT2D eigenvalue weighted by atomic mass is 15.3. The summed E-state index contributed by atoms with van der Waals surface area (Å²) in [5, 5.41) is 10.4. The van der Waals surface area contributed by atoms with Crippen molar-refractivity contribution in [2.45, 2.75) is 18.9 Å². The van der Waals surface area contributed by atoms with Gasteiger partial charge in [0.25, 0.3) is 0 Å². The largest absolute Gasteiger partial charge is 0.346 e. The van der Waals surface area contributed by atoms with Gasteiger partial charge in [0.15, 0.2) is 0 Å². The number of nitrogens with one attached hydrogen (secondary N) is 2. The second kappa shape index (κ2) is 3.33. The minimum absolute atomic E-state index is 0.376. The first-order valence-corrected chi connectivity index (χ1v) is 4.60. The number of aromatic nitrogens is 3. The maximum absolute atomic E-state index is 4.39. The maximum Gasteiger partial charge on any atom is 0.244 e. The highest BCUT2D eigenvalue weighted by molar-refractivity contribution is 5.25. The Balaban J connectivity index is 2.12. The smallest absolute Gasteiger partial charge is 0.244 e. The van der Waals surface area contributed by atoms with Gasteiger partial charge < -0.3 is 10.2 Å². The van der Waals surface area contributed by atoms with Crippen molar-refractivity contribution < 1.29 is 0 Å². The molecule has 0 amide bonds. The summed E-state index contributed by atoms with van der Waals surface area (Å²) < 4.78 is 0. The van der Waals surface area contributed by atoms with E-state index in [0.29, 0.717) is 6.04 Å². The van der Waals surface area contributed by atoms with E-state index in [1.165, 1.54) is 6.42 Å². The minimum Gasteiger partial charge on any atom is -0.346 e. The summed E-state index contributed by atoms with van der Waals surface area (Å²) in [6.45, 7) is 1.09. The van der Waals surface area contributed by atoms with Gasteiger partial charge in [-0.05, 0) is 19.4 Å². The summed E-state index contributed by atoms with van der Waals surface area (Å²) in [5.74, 6) is 1.71. The van der Waals surface area contributed by atoms with Gasteiger partial charge in [-0.1, -0.05) is 0 Å². The van der Waals surface area contributed by atoms with Crippen molar-refractivity contribution in [2.24, 2.45) is 0 Å². The first kappa shape index (κ1) is 8.50. The van der Waals surface area contributed by atoms with Crippen LogP contribution in [-0.2, 0) is 0 Å². The Morgan fingerprint density at radius 1 is 1.46 bits per heavy atom. The Labute approximate surface area is 77.5 Å². The van der Waals surface area contributed by atoms with Crippen LogP contribution < -0.4 is 10.2 Å². The fourth-order valence-corrected chi connectivity index (χ4v) is 1.54. The topological polar surface area (TPSA) is 56.8 Å². The highest BCUT2D eigenvalue weighted by Crippen LogP contribution is 2.20. The van der Waals surface area contributed by atoms with E-state index in [9.17, 15) is 0 Å². The SMILES string of the molecule is CN(C)c1n[nH]c([C@H]2CCCN2)n1. The molecule has 0 unspecified atom stereocenters. The zero-order valence-corrected chi connectivity index (χ0v) is 8.04. The van der Waals surface area contributed by atoms with E-state index in [0.717, 1.165) is 24.7 Å². The molecule has 13 heavy (non-hydrogen) atoms. The Morgan fingerprint density at radius 2 is 2.31 bits per heavy atom. The van der Waals surface area contributed by atoms with Gasteiger partial charge in [0.1, 0.15) is 5.82 Å². The molecule has 1 aromatic heterocycles. The predicted octanol–water partition coefficient (Wildman–Crippen LogP) is 0.295. The second-order valence-electron chi connectivity index (χ2n) is 3.56. The molecule has 0 saturated carbocycles. The van der Waals surface area contributed by atoms with Crippen molar-refractivity contribution in [1.29, 1.82) is 0 Å². The van der Waals surface area contributed by atoms with Crippen molar-refractivity contribution in [3.8, 4) is 0 Å². The van der Waals surface area contributed by atoms with Crippen LogP contribution in [0.25, 0.3) is 0 Å². The summed E-state index contributed by atoms with van der Waals surface area (Å²) >= 11 is 0. The molecule has 5 nitrogen and oxygen atoms in total. The first-order valence-electron chi connectivity index (χ1n) is 4.60. The van der Waals surface area contributed by atoms with E-state index in [1.54, 1.807) is 0 Å². The van der Waals surface area contributed by atoms with Crippen molar-refractivity contribution in [1.82, 2.24) is 20.5 Å². The van der Waals surface area contributed by atoms with Crippen molar-refractivity contribution in [3.05, 3.63) is 5.82 Å². The molecule has 1 fully saturated rings. The monoisotopic (exact) mass is 181 g/mol. The minimum atomic E-state index is 0.376. The third-order valence-electron chi connectivity index (χ3n) is 2.28. The summed E-state index contributed by atoms with van der Waals surface area (Å²) in [7, 11) is 3.88. The quantitative estimate of drug-likeness (QED) is 0.688. The third kappa shape index (κ3) is 1.65. The zero-order valence-electron chi connectivity index (χ0n) is 8.04. The number of hydrogen-bond donors (Lipinski definition) is 2. The van der Waals surface area contributed by atoms with Crippen LogP contribution in [0.15, 0.2) is 0 Å². The molecule has 72 valence electrons. The van der Waals surface area contributed by atoms with Crippen LogP contribution in [0.5, 0.6) is 0 Å². The van der Waals surface area contributed by atoms with E-state index in [2.05, 4.69) is 20.5 Å². The van der Waals surface area contributed by atoms with Crippen LogP contribution in [0.4, 0.5) is 5.95 Å². The molecule has 1 aliphatic heterocycles. The number of anilines is 1. The molecular weight excluding hydrogens is 166 g/mol. The summed E-state index contributed by atoms with van der Waals surface area (Å²) in [4.78, 5) is 6.29. The lowest BCUT2D eigenvalue weighted by Gasteiger charge is -2.05. The lowest BCUT2D eigenvalue weighted by atomic mass is 10.2. The zero-order chi connectivity index (χ0) is 9.26. The van der Waals surface area contributed by atoms with Gasteiger partial charge in [0, 0.05) is 14.1 Å². The van der Waals surface area contributed by atoms with Gasteiger partial charge in [-0.15, -0.1) is 5.10 Å². The lowest BCUT2D eigenvalue weighted by molar-refractivity contribution is 0.608. The van der Waals surface area contributed by atoms with E-state index in [4.69, 9.17) is 0 Å². The molecule has 2 rings (SSSR count). The molecule has 1 aromatic rings. The van der Waals surface area contributed by atoms with Gasteiger partial charge in [-0.2, -0.15) is 4.98 Å². The highest BCUT2D eigenvalue weighted by Gasteiger charge is 2.19. The third-order valence-corrected chi connectivity index (χ3v) is 2.28. The van der Waals surface area contributed by atoms with Gasteiger partial charge in [0.2, 0.25) is 5.95 Å². The Hall–Kier alpha value is -1.10. The normalized spacial score (nSPS) is 22.2. The van der Waals surface area contributed by atoms with E-state index >= 15 is 0 Å². The molecule has 0 aromatic carbocycles. The number of H-pyrrole nitrogens is 1. The fourth-order valence-electron chi connectivity index (χ4n) is 1.54. The summed E-state index contributed by atoms with van der Waals surface area (Å²) in [6.07, 6.45) is 2.38. The second-order valence-corrected chi connectivity index (χ2v) is 3.56. The molecule has 0 bridgehead atoms. The van der Waals surface area contributed by atoms with Crippen LogP contribution in [0.1, 0.15) is 24.7 Å². The number of nitrogens with zero attached hydrogens (tertiary/aromatic N) is 3.